The van der Waals surface area contributed by atoms with Gasteiger partial charge in [-0.3, -0.25) is 9.78 Å². The molecule has 0 radical (unpaired) electrons. The van der Waals surface area contributed by atoms with E-state index in [2.05, 4.69) is 34.4 Å². The highest BCUT2D eigenvalue weighted by molar-refractivity contribution is 6.31. The van der Waals surface area contributed by atoms with Gasteiger partial charge in [-0.05, 0) is 47.2 Å². The molecular formula is C23H21ClN4O3. The van der Waals surface area contributed by atoms with Crippen LogP contribution in [0.5, 0.6) is 0 Å². The van der Waals surface area contributed by atoms with Crippen molar-refractivity contribution in [2.24, 2.45) is 5.41 Å². The minimum atomic E-state index is -1.03. The zero-order valence-corrected chi connectivity index (χ0v) is 17.8. The molecule has 7 nitrogen and oxygen atoms in total. The molecule has 0 spiro atoms. The molecule has 1 amide bonds. The Hall–Kier alpha value is -3.45. The molecule has 0 bridgehead atoms. The molecule has 0 fully saturated rings. The van der Waals surface area contributed by atoms with Gasteiger partial charge in [-0.15, -0.1) is 0 Å². The number of carbonyl (C=O) groups is 2. The number of carboxylic acid groups (broad SMARTS) is 1. The summed E-state index contributed by atoms with van der Waals surface area (Å²) in [5.41, 5.74) is 3.13. The monoisotopic (exact) mass is 436 g/mol. The first-order valence-electron chi connectivity index (χ1n) is 9.74. The van der Waals surface area contributed by atoms with Crippen molar-refractivity contribution in [3.63, 3.8) is 0 Å². The van der Waals surface area contributed by atoms with Crippen molar-refractivity contribution < 1.29 is 14.7 Å². The van der Waals surface area contributed by atoms with Crippen LogP contribution in [0, 0.1) is 5.41 Å². The van der Waals surface area contributed by atoms with Crippen molar-refractivity contribution in [3.8, 4) is 0 Å². The summed E-state index contributed by atoms with van der Waals surface area (Å²) in [6, 6.07) is 10.6. The van der Waals surface area contributed by atoms with Crippen LogP contribution in [0.2, 0.25) is 5.02 Å². The Bertz CT molecular complexity index is 1160. The molecule has 4 rings (SSSR count). The van der Waals surface area contributed by atoms with E-state index in [1.807, 2.05) is 24.3 Å². The second kappa shape index (κ2) is 8.00. The van der Waals surface area contributed by atoms with E-state index in [0.29, 0.717) is 22.8 Å². The first-order valence-corrected chi connectivity index (χ1v) is 10.1. The van der Waals surface area contributed by atoms with Gasteiger partial charge in [0.15, 0.2) is 0 Å². The maximum Gasteiger partial charge on any atom is 0.337 e. The van der Waals surface area contributed by atoms with E-state index in [1.165, 1.54) is 24.7 Å². The molecule has 0 saturated heterocycles. The number of fused-ring (bicyclic) bond motifs is 1. The van der Waals surface area contributed by atoms with Gasteiger partial charge in [0.25, 0.3) is 5.91 Å². The number of amides is 1. The number of carbonyl (C=O) groups excluding carboxylic acids is 1. The molecule has 1 aliphatic rings. The van der Waals surface area contributed by atoms with E-state index in [-0.39, 0.29) is 28.6 Å². The Morgan fingerprint density at radius 1 is 1.23 bits per heavy atom. The van der Waals surface area contributed by atoms with Gasteiger partial charge in [-0.1, -0.05) is 37.6 Å². The number of rotatable bonds is 4. The van der Waals surface area contributed by atoms with Crippen molar-refractivity contribution in [1.82, 2.24) is 9.97 Å². The van der Waals surface area contributed by atoms with E-state index in [4.69, 9.17) is 11.6 Å². The van der Waals surface area contributed by atoms with Gasteiger partial charge in [0.2, 0.25) is 0 Å². The van der Waals surface area contributed by atoms with Crippen molar-refractivity contribution in [1.29, 1.82) is 0 Å². The van der Waals surface area contributed by atoms with E-state index < -0.39 is 5.97 Å². The SMILES string of the molecule is CC1(C)Cc2cc(Cl)cc(C(=O)O)c2NC1c1cccc(NC(=O)c2cnccn2)c1. The molecule has 1 aromatic heterocycles. The number of nitrogens with zero attached hydrogens (tertiary/aromatic N) is 2. The lowest BCUT2D eigenvalue weighted by molar-refractivity contribution is 0.0697. The highest BCUT2D eigenvalue weighted by Crippen LogP contribution is 2.47. The smallest absolute Gasteiger partial charge is 0.337 e. The summed E-state index contributed by atoms with van der Waals surface area (Å²) in [5, 5.41) is 16.3. The van der Waals surface area contributed by atoms with Crippen LogP contribution in [-0.4, -0.2) is 27.0 Å². The van der Waals surface area contributed by atoms with E-state index in [0.717, 1.165) is 11.1 Å². The fourth-order valence-electron chi connectivity index (χ4n) is 4.02. The van der Waals surface area contributed by atoms with Crippen LogP contribution in [-0.2, 0) is 6.42 Å². The predicted octanol–water partition coefficient (Wildman–Crippen LogP) is 4.82. The first-order chi connectivity index (χ1) is 14.7. The maximum absolute atomic E-state index is 12.4. The average molecular weight is 437 g/mol. The van der Waals surface area contributed by atoms with Gasteiger partial charge in [0.1, 0.15) is 5.69 Å². The zero-order valence-electron chi connectivity index (χ0n) is 17.0. The summed E-state index contributed by atoms with van der Waals surface area (Å²) >= 11 is 6.15. The highest BCUT2D eigenvalue weighted by Gasteiger charge is 2.37. The predicted molar refractivity (Wildman–Crippen MR) is 119 cm³/mol. The maximum atomic E-state index is 12.4. The molecule has 0 aliphatic carbocycles. The number of hydrogen-bond acceptors (Lipinski definition) is 5. The molecule has 31 heavy (non-hydrogen) atoms. The number of benzene rings is 2. The fraction of sp³-hybridized carbons (Fsp3) is 0.217. The summed E-state index contributed by atoms with van der Waals surface area (Å²) < 4.78 is 0. The van der Waals surface area contributed by atoms with E-state index in [9.17, 15) is 14.7 Å². The van der Waals surface area contributed by atoms with Crippen LogP contribution in [0.15, 0.2) is 55.0 Å². The fourth-order valence-corrected chi connectivity index (χ4v) is 4.26. The molecule has 2 aromatic carbocycles. The van der Waals surface area contributed by atoms with Gasteiger partial charge in [-0.2, -0.15) is 0 Å². The van der Waals surface area contributed by atoms with Gasteiger partial charge in [0.05, 0.1) is 23.5 Å². The summed E-state index contributed by atoms with van der Waals surface area (Å²) in [6.45, 7) is 4.22. The lowest BCUT2D eigenvalue weighted by Gasteiger charge is -2.42. The Morgan fingerprint density at radius 3 is 2.74 bits per heavy atom. The number of hydrogen-bond donors (Lipinski definition) is 3. The van der Waals surface area contributed by atoms with Gasteiger partial charge in [0, 0.05) is 23.1 Å². The van der Waals surface area contributed by atoms with Gasteiger partial charge < -0.3 is 15.7 Å². The number of nitrogens with one attached hydrogen (secondary N) is 2. The molecule has 2 heterocycles. The average Bonchev–Trinajstić information content (AvgIpc) is 2.72. The Labute approximate surface area is 184 Å². The van der Waals surface area contributed by atoms with E-state index >= 15 is 0 Å². The van der Waals surface area contributed by atoms with Crippen molar-refractivity contribution in [3.05, 3.63) is 82.4 Å². The van der Waals surface area contributed by atoms with Crippen LogP contribution in [0.1, 0.15) is 51.9 Å². The van der Waals surface area contributed by atoms with Crippen LogP contribution in [0.3, 0.4) is 0 Å². The molecule has 3 N–H and O–H groups in total. The highest BCUT2D eigenvalue weighted by atomic mass is 35.5. The number of halogens is 1. The summed E-state index contributed by atoms with van der Waals surface area (Å²) in [7, 11) is 0. The number of aromatic carboxylic acids is 1. The molecule has 158 valence electrons. The van der Waals surface area contributed by atoms with Crippen LogP contribution < -0.4 is 10.6 Å². The third-order valence-electron chi connectivity index (χ3n) is 5.41. The normalized spacial score (nSPS) is 16.7. The number of anilines is 2. The molecule has 0 saturated carbocycles. The summed E-state index contributed by atoms with van der Waals surface area (Å²) in [5.74, 6) is -1.39. The van der Waals surface area contributed by atoms with E-state index in [1.54, 1.807) is 6.07 Å². The molecule has 3 aromatic rings. The lowest BCUT2D eigenvalue weighted by Crippen LogP contribution is -2.35. The largest absolute Gasteiger partial charge is 0.478 e. The molecule has 1 unspecified atom stereocenters. The molecule has 1 aliphatic heterocycles. The second-order valence-corrected chi connectivity index (χ2v) is 8.64. The Kier molecular flexibility index (Phi) is 5.37. The quantitative estimate of drug-likeness (QED) is 0.541. The Balaban J connectivity index is 1.66. The zero-order chi connectivity index (χ0) is 22.2. The number of aromatic nitrogens is 2. The van der Waals surface area contributed by atoms with Crippen LogP contribution in [0.4, 0.5) is 11.4 Å². The van der Waals surface area contributed by atoms with Gasteiger partial charge >= 0.3 is 5.97 Å². The summed E-state index contributed by atoms with van der Waals surface area (Å²) in [4.78, 5) is 32.2. The number of carboxylic acids is 1. The van der Waals surface area contributed by atoms with Crippen molar-refractivity contribution >= 4 is 34.9 Å². The topological polar surface area (TPSA) is 104 Å². The minimum Gasteiger partial charge on any atom is -0.478 e. The van der Waals surface area contributed by atoms with Crippen LogP contribution in [0.25, 0.3) is 0 Å². The lowest BCUT2D eigenvalue weighted by atomic mass is 9.72. The standard InChI is InChI=1S/C23H21ClN4O3/c1-23(2)11-14-8-15(24)10-17(22(30)31)19(14)28-20(23)13-4-3-5-16(9-13)27-21(29)18-12-25-6-7-26-18/h3-10,12,20,28H,11H2,1-2H3,(H,27,29)(H,30,31). The van der Waals surface area contributed by atoms with Crippen molar-refractivity contribution in [2.75, 3.05) is 10.6 Å². The van der Waals surface area contributed by atoms with Crippen LogP contribution >= 0.6 is 11.6 Å². The first kappa shape index (κ1) is 20.8. The minimum absolute atomic E-state index is 0.148. The van der Waals surface area contributed by atoms with Crippen molar-refractivity contribution in [2.45, 2.75) is 26.3 Å². The third kappa shape index (κ3) is 4.22. The third-order valence-corrected chi connectivity index (χ3v) is 5.62. The Morgan fingerprint density at radius 2 is 2.03 bits per heavy atom. The van der Waals surface area contributed by atoms with Gasteiger partial charge in [-0.25, -0.2) is 9.78 Å². The molecular weight excluding hydrogens is 416 g/mol. The second-order valence-electron chi connectivity index (χ2n) is 8.21. The molecule has 8 heteroatoms. The molecule has 1 atom stereocenters. The summed E-state index contributed by atoms with van der Waals surface area (Å²) in [6.07, 6.45) is 5.02.